The molecule has 2 aromatic carbocycles. The van der Waals surface area contributed by atoms with Crippen LogP contribution in [0.1, 0.15) is 37.3 Å². The molecule has 0 spiro atoms. The lowest BCUT2D eigenvalue weighted by molar-refractivity contribution is -0.123. The Hall–Kier alpha value is -2.42. The van der Waals surface area contributed by atoms with Crippen molar-refractivity contribution in [2.45, 2.75) is 31.7 Å². The monoisotopic (exact) mass is 293 g/mol. The van der Waals surface area contributed by atoms with Crippen LogP contribution in [-0.2, 0) is 15.1 Å². The van der Waals surface area contributed by atoms with Crippen molar-refractivity contribution in [3.63, 3.8) is 0 Å². The number of fused-ring (bicyclic) bond motifs is 1. The summed E-state index contributed by atoms with van der Waals surface area (Å²) >= 11 is 0. The van der Waals surface area contributed by atoms with E-state index in [4.69, 9.17) is 0 Å². The predicted octanol–water partition coefficient (Wildman–Crippen LogP) is 3.66. The maximum atomic E-state index is 12.7. The summed E-state index contributed by atoms with van der Waals surface area (Å²) in [5.74, 6) is -0.0627. The van der Waals surface area contributed by atoms with Gasteiger partial charge in [0.2, 0.25) is 0 Å². The third kappa shape index (κ3) is 2.13. The molecule has 0 saturated carbocycles. The minimum Gasteiger partial charge on any atom is -0.368 e. The van der Waals surface area contributed by atoms with Gasteiger partial charge in [-0.25, -0.2) is 0 Å². The molecule has 1 N–H and O–H groups in total. The number of Topliss-reactive ketones (excluding diaryl/α,β-unsaturated/α-hetero) is 2. The molecule has 2 aromatic rings. The van der Waals surface area contributed by atoms with Crippen LogP contribution in [0, 0.1) is 0 Å². The zero-order valence-corrected chi connectivity index (χ0v) is 12.8. The fourth-order valence-electron chi connectivity index (χ4n) is 3.51. The van der Waals surface area contributed by atoms with Crippen molar-refractivity contribution in [3.8, 4) is 0 Å². The Morgan fingerprint density at radius 3 is 2.27 bits per heavy atom. The van der Waals surface area contributed by atoms with Gasteiger partial charge in [-0.1, -0.05) is 48.5 Å². The first kappa shape index (κ1) is 14.5. The van der Waals surface area contributed by atoms with Crippen molar-refractivity contribution in [3.05, 3.63) is 65.7 Å². The van der Waals surface area contributed by atoms with E-state index in [9.17, 15) is 9.59 Å². The lowest BCUT2D eigenvalue weighted by Gasteiger charge is -2.34. The lowest BCUT2D eigenvalue weighted by Crippen LogP contribution is -2.44. The average molecular weight is 293 g/mol. The summed E-state index contributed by atoms with van der Waals surface area (Å²) in [7, 11) is 0. The topological polar surface area (TPSA) is 46.2 Å². The van der Waals surface area contributed by atoms with Crippen LogP contribution in [0.25, 0.3) is 0 Å². The highest BCUT2D eigenvalue weighted by atomic mass is 16.1. The van der Waals surface area contributed by atoms with Gasteiger partial charge in [-0.15, -0.1) is 0 Å². The van der Waals surface area contributed by atoms with Crippen LogP contribution in [0.4, 0.5) is 5.69 Å². The zero-order valence-electron chi connectivity index (χ0n) is 12.8. The lowest BCUT2D eigenvalue weighted by atomic mass is 9.73. The molecule has 1 heterocycles. The van der Waals surface area contributed by atoms with E-state index in [2.05, 4.69) is 5.32 Å². The number of benzene rings is 2. The Bertz CT molecular complexity index is 723. The largest absolute Gasteiger partial charge is 0.368 e. The molecule has 0 unspecified atom stereocenters. The van der Waals surface area contributed by atoms with Crippen molar-refractivity contribution in [2.75, 3.05) is 5.32 Å². The molecule has 112 valence electrons. The SMILES string of the molecule is CC(=O)C[C@@H]1c2ccccc2N[C@]1(C(C)=O)c1ccccc1. The standard InChI is InChI=1S/C19H19NO2/c1-13(21)12-17-16-10-6-7-11-18(16)20-19(17,14(2)22)15-8-4-3-5-9-15/h3-11,17,20H,12H2,1-2H3/t17-,19-/m1/s1. The molecule has 0 amide bonds. The van der Waals surface area contributed by atoms with Gasteiger partial charge in [-0.3, -0.25) is 4.79 Å². The van der Waals surface area contributed by atoms with E-state index in [0.29, 0.717) is 6.42 Å². The molecular weight excluding hydrogens is 274 g/mol. The number of hydrogen-bond acceptors (Lipinski definition) is 3. The number of hydrogen-bond donors (Lipinski definition) is 1. The van der Waals surface area contributed by atoms with Gasteiger partial charge in [0.05, 0.1) is 0 Å². The maximum absolute atomic E-state index is 12.7. The second-order valence-electron chi connectivity index (χ2n) is 5.90. The molecule has 3 nitrogen and oxygen atoms in total. The minimum atomic E-state index is -0.864. The number of anilines is 1. The molecule has 0 saturated heterocycles. The van der Waals surface area contributed by atoms with Crippen molar-refractivity contribution in [1.29, 1.82) is 0 Å². The van der Waals surface area contributed by atoms with E-state index >= 15 is 0 Å². The van der Waals surface area contributed by atoms with Crippen molar-refractivity contribution in [2.24, 2.45) is 0 Å². The first-order valence-corrected chi connectivity index (χ1v) is 7.49. The van der Waals surface area contributed by atoms with Crippen LogP contribution in [0.5, 0.6) is 0 Å². The summed E-state index contributed by atoms with van der Waals surface area (Å²) in [5, 5.41) is 3.42. The summed E-state index contributed by atoms with van der Waals surface area (Å²) in [5.41, 5.74) is 2.02. The third-order valence-corrected chi connectivity index (χ3v) is 4.47. The molecule has 1 aliphatic rings. The number of para-hydroxylation sites is 1. The van der Waals surface area contributed by atoms with Gasteiger partial charge in [0.25, 0.3) is 0 Å². The number of nitrogens with one attached hydrogen (secondary N) is 1. The Morgan fingerprint density at radius 1 is 1.00 bits per heavy atom. The van der Waals surface area contributed by atoms with Crippen LogP contribution in [0.2, 0.25) is 0 Å². The number of rotatable bonds is 4. The number of ketones is 2. The Kier molecular flexibility index (Phi) is 3.57. The summed E-state index contributed by atoms with van der Waals surface area (Å²) < 4.78 is 0. The van der Waals surface area contributed by atoms with Gasteiger partial charge in [-0.2, -0.15) is 0 Å². The average Bonchev–Trinajstić information content (AvgIpc) is 2.83. The quantitative estimate of drug-likeness (QED) is 0.935. The van der Waals surface area contributed by atoms with E-state index in [1.807, 2.05) is 54.6 Å². The number of carbonyl (C=O) groups excluding carboxylic acids is 2. The van der Waals surface area contributed by atoms with Crippen LogP contribution < -0.4 is 5.32 Å². The third-order valence-electron chi connectivity index (χ3n) is 4.47. The van der Waals surface area contributed by atoms with Crippen LogP contribution in [-0.4, -0.2) is 11.6 Å². The van der Waals surface area contributed by atoms with E-state index in [0.717, 1.165) is 16.8 Å². The normalized spacial score (nSPS) is 22.7. The Labute approximate surface area is 130 Å². The molecule has 0 bridgehead atoms. The molecule has 0 fully saturated rings. The van der Waals surface area contributed by atoms with Gasteiger partial charge in [0, 0.05) is 18.0 Å². The van der Waals surface area contributed by atoms with Crippen LogP contribution in [0.3, 0.4) is 0 Å². The molecule has 3 heteroatoms. The van der Waals surface area contributed by atoms with E-state index in [1.54, 1.807) is 13.8 Å². The van der Waals surface area contributed by atoms with E-state index in [1.165, 1.54) is 0 Å². The summed E-state index contributed by atoms with van der Waals surface area (Å²) in [4.78, 5) is 24.5. The van der Waals surface area contributed by atoms with E-state index < -0.39 is 5.54 Å². The zero-order chi connectivity index (χ0) is 15.7. The van der Waals surface area contributed by atoms with Gasteiger partial charge < -0.3 is 10.1 Å². The smallest absolute Gasteiger partial charge is 0.160 e. The number of carbonyl (C=O) groups is 2. The van der Waals surface area contributed by atoms with E-state index in [-0.39, 0.29) is 17.5 Å². The maximum Gasteiger partial charge on any atom is 0.160 e. The first-order chi connectivity index (χ1) is 10.6. The molecule has 22 heavy (non-hydrogen) atoms. The van der Waals surface area contributed by atoms with Crippen molar-refractivity contribution in [1.82, 2.24) is 0 Å². The highest BCUT2D eigenvalue weighted by Crippen LogP contribution is 2.50. The molecular formula is C19H19NO2. The summed E-state index contributed by atoms with van der Waals surface area (Å²) in [6, 6.07) is 17.6. The highest BCUT2D eigenvalue weighted by Gasteiger charge is 2.50. The molecule has 0 aromatic heterocycles. The molecule has 1 aliphatic heterocycles. The minimum absolute atomic E-state index is 0.0288. The fourth-order valence-corrected chi connectivity index (χ4v) is 3.51. The van der Waals surface area contributed by atoms with Crippen molar-refractivity contribution < 1.29 is 9.59 Å². The Balaban J connectivity index is 2.21. The highest BCUT2D eigenvalue weighted by molar-refractivity contribution is 5.96. The summed E-state index contributed by atoms with van der Waals surface area (Å²) in [6.45, 7) is 3.18. The second-order valence-corrected chi connectivity index (χ2v) is 5.90. The molecule has 2 atom stereocenters. The second kappa shape index (κ2) is 5.41. The molecule has 0 radical (unpaired) electrons. The fraction of sp³-hybridized carbons (Fsp3) is 0.263. The van der Waals surface area contributed by atoms with Gasteiger partial charge in [-0.05, 0) is 31.0 Å². The van der Waals surface area contributed by atoms with Gasteiger partial charge in [0.1, 0.15) is 11.3 Å². The molecule has 3 rings (SSSR count). The molecule has 0 aliphatic carbocycles. The first-order valence-electron chi connectivity index (χ1n) is 7.49. The Morgan fingerprint density at radius 2 is 1.64 bits per heavy atom. The van der Waals surface area contributed by atoms with Crippen molar-refractivity contribution >= 4 is 17.3 Å². The van der Waals surface area contributed by atoms with Crippen LogP contribution >= 0.6 is 0 Å². The van der Waals surface area contributed by atoms with Crippen LogP contribution in [0.15, 0.2) is 54.6 Å². The predicted molar refractivity (Wildman–Crippen MR) is 86.9 cm³/mol. The summed E-state index contributed by atoms with van der Waals surface area (Å²) in [6.07, 6.45) is 0.346. The van der Waals surface area contributed by atoms with Gasteiger partial charge >= 0.3 is 0 Å². The van der Waals surface area contributed by atoms with Gasteiger partial charge in [0.15, 0.2) is 5.78 Å².